The fourth-order valence-electron chi connectivity index (χ4n) is 3.19. The maximum absolute atomic E-state index is 12.8. The Morgan fingerprint density at radius 1 is 0.933 bits per heavy atom. The Morgan fingerprint density at radius 2 is 1.53 bits per heavy atom. The lowest BCUT2D eigenvalue weighted by Crippen LogP contribution is -2.47. The van der Waals surface area contributed by atoms with Crippen LogP contribution in [0.5, 0.6) is 5.75 Å². The zero-order chi connectivity index (χ0) is 22.1. The predicted molar refractivity (Wildman–Crippen MR) is 122 cm³/mol. The highest BCUT2D eigenvalue weighted by Crippen LogP contribution is 2.19. The lowest BCUT2D eigenvalue weighted by molar-refractivity contribution is -0.118. The van der Waals surface area contributed by atoms with Crippen molar-refractivity contribution in [2.75, 3.05) is 29.9 Å². The molecule has 1 atom stereocenters. The first-order valence-electron chi connectivity index (χ1n) is 10.6. The van der Waals surface area contributed by atoms with Gasteiger partial charge in [0, 0.05) is 30.0 Å². The minimum absolute atomic E-state index is 0.0633. The van der Waals surface area contributed by atoms with E-state index in [4.69, 9.17) is 4.74 Å². The highest BCUT2D eigenvalue weighted by atomic mass is 16.5. The third-order valence-electron chi connectivity index (χ3n) is 4.93. The molecule has 2 amide bonds. The normalized spacial score (nSPS) is 11.7. The van der Waals surface area contributed by atoms with Crippen LogP contribution in [0.2, 0.25) is 0 Å². The Morgan fingerprint density at radius 3 is 2.03 bits per heavy atom. The molecule has 0 spiro atoms. The Hall–Kier alpha value is -3.02. The van der Waals surface area contributed by atoms with Crippen LogP contribution in [0.15, 0.2) is 48.5 Å². The Balaban J connectivity index is 2.04. The molecule has 2 rings (SSSR count). The summed E-state index contributed by atoms with van der Waals surface area (Å²) in [6.45, 7) is 12.4. The van der Waals surface area contributed by atoms with E-state index in [2.05, 4.69) is 29.4 Å². The largest absolute Gasteiger partial charge is 0.494 e. The fraction of sp³-hybridized carbons (Fsp3) is 0.417. The van der Waals surface area contributed by atoms with Crippen LogP contribution in [0, 0.1) is 5.92 Å². The molecule has 0 aliphatic carbocycles. The smallest absolute Gasteiger partial charge is 0.251 e. The van der Waals surface area contributed by atoms with Gasteiger partial charge in [0.1, 0.15) is 11.8 Å². The van der Waals surface area contributed by atoms with Gasteiger partial charge in [0.15, 0.2) is 0 Å². The Bertz CT molecular complexity index is 813. The van der Waals surface area contributed by atoms with E-state index < -0.39 is 6.04 Å². The van der Waals surface area contributed by atoms with E-state index in [0.29, 0.717) is 23.6 Å². The van der Waals surface area contributed by atoms with Crippen LogP contribution in [0.3, 0.4) is 0 Å². The van der Waals surface area contributed by atoms with Crippen LogP contribution in [-0.2, 0) is 4.79 Å². The molecule has 0 aromatic heterocycles. The summed E-state index contributed by atoms with van der Waals surface area (Å²) in [6.07, 6.45) is 0. The van der Waals surface area contributed by atoms with Crippen LogP contribution in [0.1, 0.15) is 45.0 Å². The van der Waals surface area contributed by atoms with Gasteiger partial charge in [0.05, 0.1) is 6.61 Å². The van der Waals surface area contributed by atoms with Crippen LogP contribution < -0.4 is 20.3 Å². The molecule has 2 aromatic carbocycles. The van der Waals surface area contributed by atoms with Crippen molar-refractivity contribution in [2.45, 2.75) is 40.7 Å². The quantitative estimate of drug-likeness (QED) is 0.611. The molecular formula is C24H33N3O3. The average molecular weight is 412 g/mol. The van der Waals surface area contributed by atoms with Crippen LogP contribution >= 0.6 is 0 Å². The van der Waals surface area contributed by atoms with E-state index in [0.717, 1.165) is 18.8 Å². The number of hydrogen-bond acceptors (Lipinski definition) is 4. The summed E-state index contributed by atoms with van der Waals surface area (Å²) in [4.78, 5) is 27.7. The van der Waals surface area contributed by atoms with Crippen LogP contribution in [0.4, 0.5) is 11.4 Å². The van der Waals surface area contributed by atoms with E-state index in [1.165, 1.54) is 0 Å². The van der Waals surface area contributed by atoms with Crippen molar-refractivity contribution < 1.29 is 14.3 Å². The number of anilines is 2. The number of ether oxygens (including phenoxy) is 1. The molecule has 0 saturated heterocycles. The summed E-state index contributed by atoms with van der Waals surface area (Å²) in [5, 5.41) is 5.77. The lowest BCUT2D eigenvalue weighted by Gasteiger charge is -2.23. The number of nitrogens with one attached hydrogen (secondary N) is 2. The van der Waals surface area contributed by atoms with E-state index in [1.54, 1.807) is 24.3 Å². The summed E-state index contributed by atoms with van der Waals surface area (Å²) >= 11 is 0. The van der Waals surface area contributed by atoms with Crippen LogP contribution in [-0.4, -0.2) is 37.6 Å². The minimum atomic E-state index is -0.647. The van der Waals surface area contributed by atoms with Gasteiger partial charge in [0.25, 0.3) is 5.91 Å². The summed E-state index contributed by atoms with van der Waals surface area (Å²) in [7, 11) is 0. The zero-order valence-corrected chi connectivity index (χ0v) is 18.6. The summed E-state index contributed by atoms with van der Waals surface area (Å²) < 4.78 is 5.40. The maximum Gasteiger partial charge on any atom is 0.251 e. The van der Waals surface area contributed by atoms with Crippen molar-refractivity contribution in [3.8, 4) is 5.75 Å². The van der Waals surface area contributed by atoms with Crippen molar-refractivity contribution in [2.24, 2.45) is 5.92 Å². The molecule has 0 saturated carbocycles. The molecule has 0 aliphatic rings. The molecule has 0 bridgehead atoms. The van der Waals surface area contributed by atoms with Gasteiger partial charge in [-0.05, 0) is 75.2 Å². The molecular weight excluding hydrogens is 378 g/mol. The van der Waals surface area contributed by atoms with Crippen molar-refractivity contribution in [3.05, 3.63) is 54.1 Å². The Kier molecular flexibility index (Phi) is 8.71. The van der Waals surface area contributed by atoms with Gasteiger partial charge in [-0.2, -0.15) is 0 Å². The van der Waals surface area contributed by atoms with Gasteiger partial charge in [-0.3, -0.25) is 9.59 Å². The molecule has 2 aromatic rings. The highest BCUT2D eigenvalue weighted by molar-refractivity contribution is 6.01. The number of benzene rings is 2. The van der Waals surface area contributed by atoms with Crippen molar-refractivity contribution in [1.29, 1.82) is 0 Å². The molecule has 0 radical (unpaired) electrons. The monoisotopic (exact) mass is 411 g/mol. The lowest BCUT2D eigenvalue weighted by atomic mass is 10.0. The van der Waals surface area contributed by atoms with Gasteiger partial charge in [0.2, 0.25) is 5.91 Å². The average Bonchev–Trinajstić information content (AvgIpc) is 2.74. The topological polar surface area (TPSA) is 70.7 Å². The van der Waals surface area contributed by atoms with E-state index >= 15 is 0 Å². The Labute approximate surface area is 179 Å². The second kappa shape index (κ2) is 11.2. The second-order valence-electron chi connectivity index (χ2n) is 7.36. The number of carbonyl (C=O) groups excluding carboxylic acids is 2. The molecule has 6 nitrogen and oxygen atoms in total. The fourth-order valence-corrected chi connectivity index (χ4v) is 3.19. The number of hydrogen-bond donors (Lipinski definition) is 2. The standard InChI is InChI=1S/C24H33N3O3/c1-6-27(7-2)20-13-11-19(12-14-20)25-24(29)22(17(4)5)26-23(28)18-9-15-21(16-10-18)30-8-3/h9-17,22H,6-8H2,1-5H3,(H,25,29)(H,26,28)/t22-/m0/s1. The van der Waals surface area contributed by atoms with Gasteiger partial charge in [-0.1, -0.05) is 13.8 Å². The van der Waals surface area contributed by atoms with Crippen LogP contribution in [0.25, 0.3) is 0 Å². The molecule has 162 valence electrons. The number of nitrogens with zero attached hydrogens (tertiary/aromatic N) is 1. The summed E-state index contributed by atoms with van der Waals surface area (Å²) in [6, 6.07) is 14.0. The molecule has 0 fully saturated rings. The van der Waals surface area contributed by atoms with Crippen molar-refractivity contribution in [1.82, 2.24) is 5.32 Å². The van der Waals surface area contributed by atoms with E-state index in [1.807, 2.05) is 45.0 Å². The molecule has 6 heteroatoms. The SMILES string of the molecule is CCOc1ccc(C(=O)N[C@H](C(=O)Nc2ccc(N(CC)CC)cc2)C(C)C)cc1. The number of amides is 2. The number of rotatable bonds is 10. The molecule has 0 aliphatic heterocycles. The molecule has 0 heterocycles. The minimum Gasteiger partial charge on any atom is -0.494 e. The van der Waals surface area contributed by atoms with Gasteiger partial charge in [-0.15, -0.1) is 0 Å². The summed E-state index contributed by atoms with van der Waals surface area (Å²) in [5.41, 5.74) is 2.31. The van der Waals surface area contributed by atoms with Crippen molar-refractivity contribution >= 4 is 23.2 Å². The first-order chi connectivity index (χ1) is 14.4. The van der Waals surface area contributed by atoms with Gasteiger partial charge >= 0.3 is 0 Å². The number of carbonyl (C=O) groups is 2. The van der Waals surface area contributed by atoms with Crippen molar-refractivity contribution in [3.63, 3.8) is 0 Å². The van der Waals surface area contributed by atoms with Gasteiger partial charge < -0.3 is 20.3 Å². The zero-order valence-electron chi connectivity index (χ0n) is 18.6. The highest BCUT2D eigenvalue weighted by Gasteiger charge is 2.25. The molecule has 0 unspecified atom stereocenters. The molecule has 30 heavy (non-hydrogen) atoms. The maximum atomic E-state index is 12.8. The first-order valence-corrected chi connectivity index (χ1v) is 10.6. The predicted octanol–water partition coefficient (Wildman–Crippen LogP) is 4.32. The van der Waals surface area contributed by atoms with E-state index in [-0.39, 0.29) is 17.7 Å². The van der Waals surface area contributed by atoms with Gasteiger partial charge in [-0.25, -0.2) is 0 Å². The third-order valence-corrected chi connectivity index (χ3v) is 4.93. The third kappa shape index (κ3) is 6.24. The first kappa shape index (κ1) is 23.3. The second-order valence-corrected chi connectivity index (χ2v) is 7.36. The molecule has 2 N–H and O–H groups in total. The van der Waals surface area contributed by atoms with E-state index in [9.17, 15) is 9.59 Å². The summed E-state index contributed by atoms with van der Waals surface area (Å²) in [5.74, 6) is 0.121.